The molecule has 0 atom stereocenters. The number of hydrogen-bond acceptors (Lipinski definition) is 5. The summed E-state index contributed by atoms with van der Waals surface area (Å²) in [4.78, 5) is 4.01. The van der Waals surface area contributed by atoms with Gasteiger partial charge in [0, 0.05) is 18.0 Å². The molecule has 0 aliphatic carbocycles. The Bertz CT molecular complexity index is 766. The van der Waals surface area contributed by atoms with Crippen molar-refractivity contribution in [1.82, 2.24) is 10.1 Å². The molecule has 0 saturated heterocycles. The van der Waals surface area contributed by atoms with Gasteiger partial charge in [0.15, 0.2) is 11.6 Å². The van der Waals surface area contributed by atoms with Gasteiger partial charge >= 0.3 is 0 Å². The topological polar surface area (TPSA) is 74.2 Å². The standard InChI is InChI=1S/C16H15N3O2/c1-10-3-4-12(9-13(10)20-2)14-15(21-19-16(14)17)11-5-7-18-8-6-11/h3-9H,1-2H3,(H2,17,19). The lowest BCUT2D eigenvalue weighted by Gasteiger charge is -2.08. The molecule has 5 nitrogen and oxygen atoms in total. The lowest BCUT2D eigenvalue weighted by Crippen LogP contribution is -1.92. The number of benzene rings is 1. The Kier molecular flexibility index (Phi) is 3.31. The highest BCUT2D eigenvalue weighted by Gasteiger charge is 2.18. The van der Waals surface area contributed by atoms with E-state index in [1.807, 2.05) is 37.3 Å². The van der Waals surface area contributed by atoms with Crippen LogP contribution in [-0.4, -0.2) is 17.3 Å². The van der Waals surface area contributed by atoms with E-state index in [0.29, 0.717) is 11.6 Å². The molecule has 21 heavy (non-hydrogen) atoms. The van der Waals surface area contributed by atoms with Crippen LogP contribution in [0.3, 0.4) is 0 Å². The summed E-state index contributed by atoms with van der Waals surface area (Å²) in [5.41, 5.74) is 9.58. The van der Waals surface area contributed by atoms with Gasteiger partial charge < -0.3 is 15.0 Å². The second-order valence-electron chi connectivity index (χ2n) is 4.69. The van der Waals surface area contributed by atoms with Crippen molar-refractivity contribution >= 4 is 5.82 Å². The van der Waals surface area contributed by atoms with Gasteiger partial charge in [-0.3, -0.25) is 4.98 Å². The number of nitrogens with zero attached hydrogens (tertiary/aromatic N) is 2. The van der Waals surface area contributed by atoms with Crippen molar-refractivity contribution in [1.29, 1.82) is 0 Å². The first-order valence-electron chi connectivity index (χ1n) is 6.51. The summed E-state index contributed by atoms with van der Waals surface area (Å²) in [5.74, 6) is 1.78. The zero-order chi connectivity index (χ0) is 14.8. The zero-order valence-corrected chi connectivity index (χ0v) is 11.8. The van der Waals surface area contributed by atoms with E-state index in [-0.39, 0.29) is 0 Å². The molecule has 0 radical (unpaired) electrons. The first-order chi connectivity index (χ1) is 10.2. The molecule has 5 heteroatoms. The molecule has 106 valence electrons. The van der Waals surface area contributed by atoms with Crippen LogP contribution in [0.15, 0.2) is 47.2 Å². The number of aromatic nitrogens is 2. The van der Waals surface area contributed by atoms with Crippen LogP contribution in [0.4, 0.5) is 5.82 Å². The van der Waals surface area contributed by atoms with Crippen molar-refractivity contribution in [2.75, 3.05) is 12.8 Å². The number of ether oxygens (including phenoxy) is 1. The Hall–Kier alpha value is -2.82. The smallest absolute Gasteiger partial charge is 0.177 e. The summed E-state index contributed by atoms with van der Waals surface area (Å²) in [6.07, 6.45) is 3.40. The molecule has 0 aliphatic rings. The molecule has 0 saturated carbocycles. The van der Waals surface area contributed by atoms with Gasteiger partial charge in [0.25, 0.3) is 0 Å². The average Bonchev–Trinajstić information content (AvgIpc) is 2.90. The number of pyridine rings is 1. The third-order valence-electron chi connectivity index (χ3n) is 3.36. The second kappa shape index (κ2) is 5.28. The third-order valence-corrected chi connectivity index (χ3v) is 3.36. The molecule has 0 spiro atoms. The van der Waals surface area contributed by atoms with E-state index in [1.165, 1.54) is 0 Å². The van der Waals surface area contributed by atoms with Gasteiger partial charge in [0.2, 0.25) is 0 Å². The summed E-state index contributed by atoms with van der Waals surface area (Å²) in [5, 5.41) is 3.89. The maximum Gasteiger partial charge on any atom is 0.177 e. The number of nitrogens with two attached hydrogens (primary N) is 1. The summed E-state index contributed by atoms with van der Waals surface area (Å²) < 4.78 is 10.8. The minimum atomic E-state index is 0.354. The van der Waals surface area contributed by atoms with Crippen LogP contribution in [0.2, 0.25) is 0 Å². The molecule has 3 rings (SSSR count). The fourth-order valence-electron chi connectivity index (χ4n) is 2.26. The summed E-state index contributed by atoms with van der Waals surface area (Å²) in [6.45, 7) is 1.99. The van der Waals surface area contributed by atoms with Crippen molar-refractivity contribution in [2.45, 2.75) is 6.92 Å². The van der Waals surface area contributed by atoms with Crippen LogP contribution in [0, 0.1) is 6.92 Å². The van der Waals surface area contributed by atoms with Crippen LogP contribution >= 0.6 is 0 Å². The predicted octanol–water partition coefficient (Wildman–Crippen LogP) is 3.30. The van der Waals surface area contributed by atoms with E-state index >= 15 is 0 Å². The molecule has 0 bridgehead atoms. The molecule has 0 aliphatic heterocycles. The van der Waals surface area contributed by atoms with Gasteiger partial charge in [0.05, 0.1) is 12.7 Å². The van der Waals surface area contributed by atoms with Crippen molar-refractivity contribution < 1.29 is 9.26 Å². The number of methoxy groups -OCH3 is 1. The summed E-state index contributed by atoms with van der Waals surface area (Å²) in [6, 6.07) is 9.61. The Balaban J connectivity index is 2.17. The molecule has 3 aromatic rings. The lowest BCUT2D eigenvalue weighted by molar-refractivity contribution is 0.412. The van der Waals surface area contributed by atoms with E-state index in [2.05, 4.69) is 10.1 Å². The zero-order valence-electron chi connectivity index (χ0n) is 11.8. The largest absolute Gasteiger partial charge is 0.496 e. The second-order valence-corrected chi connectivity index (χ2v) is 4.69. The quantitative estimate of drug-likeness (QED) is 0.797. The molecule has 1 aromatic carbocycles. The van der Waals surface area contributed by atoms with Gasteiger partial charge in [-0.15, -0.1) is 0 Å². The molecule has 0 amide bonds. The van der Waals surface area contributed by atoms with E-state index in [1.54, 1.807) is 19.5 Å². The average molecular weight is 281 g/mol. The lowest BCUT2D eigenvalue weighted by atomic mass is 10.0. The minimum absolute atomic E-state index is 0.354. The Labute approximate surface area is 122 Å². The Morgan fingerprint density at radius 1 is 1.10 bits per heavy atom. The molecule has 0 unspecified atom stereocenters. The van der Waals surface area contributed by atoms with Gasteiger partial charge in [-0.05, 0) is 36.2 Å². The van der Waals surface area contributed by atoms with Crippen molar-refractivity contribution in [3.8, 4) is 28.2 Å². The van der Waals surface area contributed by atoms with Crippen molar-refractivity contribution in [3.63, 3.8) is 0 Å². The van der Waals surface area contributed by atoms with Crippen molar-refractivity contribution in [2.24, 2.45) is 0 Å². The normalized spacial score (nSPS) is 10.6. The maximum absolute atomic E-state index is 5.98. The van der Waals surface area contributed by atoms with Crippen LogP contribution < -0.4 is 10.5 Å². The molecular formula is C16H15N3O2. The Morgan fingerprint density at radius 3 is 2.57 bits per heavy atom. The third kappa shape index (κ3) is 2.33. The first kappa shape index (κ1) is 13.2. The number of hydrogen-bond donors (Lipinski definition) is 1. The monoisotopic (exact) mass is 281 g/mol. The van der Waals surface area contributed by atoms with E-state index in [0.717, 1.165) is 28.0 Å². The summed E-state index contributed by atoms with van der Waals surface area (Å²) >= 11 is 0. The first-order valence-corrected chi connectivity index (χ1v) is 6.51. The Morgan fingerprint density at radius 2 is 1.86 bits per heavy atom. The maximum atomic E-state index is 5.98. The van der Waals surface area contributed by atoms with E-state index in [4.69, 9.17) is 15.0 Å². The van der Waals surface area contributed by atoms with Crippen LogP contribution in [-0.2, 0) is 0 Å². The van der Waals surface area contributed by atoms with E-state index in [9.17, 15) is 0 Å². The van der Waals surface area contributed by atoms with Crippen LogP contribution in [0.5, 0.6) is 5.75 Å². The SMILES string of the molecule is COc1cc(-c2c(N)noc2-c2ccncc2)ccc1C. The van der Waals surface area contributed by atoms with Crippen LogP contribution in [0.1, 0.15) is 5.56 Å². The van der Waals surface area contributed by atoms with Gasteiger partial charge in [-0.2, -0.15) is 0 Å². The molecule has 2 N–H and O–H groups in total. The predicted molar refractivity (Wildman–Crippen MR) is 80.9 cm³/mol. The highest BCUT2D eigenvalue weighted by molar-refractivity contribution is 5.87. The van der Waals surface area contributed by atoms with Gasteiger partial charge in [-0.25, -0.2) is 0 Å². The number of anilines is 1. The molecule has 0 fully saturated rings. The van der Waals surface area contributed by atoms with E-state index < -0.39 is 0 Å². The minimum Gasteiger partial charge on any atom is -0.496 e. The molecular weight excluding hydrogens is 266 g/mol. The number of aryl methyl sites for hydroxylation is 1. The van der Waals surface area contributed by atoms with Gasteiger partial charge in [0.1, 0.15) is 5.75 Å². The highest BCUT2D eigenvalue weighted by Crippen LogP contribution is 2.38. The fraction of sp³-hybridized carbons (Fsp3) is 0.125. The molecule has 2 aromatic heterocycles. The molecule has 2 heterocycles. The number of nitrogen functional groups attached to an aromatic ring is 1. The van der Waals surface area contributed by atoms with Crippen molar-refractivity contribution in [3.05, 3.63) is 48.3 Å². The fourth-order valence-corrected chi connectivity index (χ4v) is 2.26. The summed E-state index contributed by atoms with van der Waals surface area (Å²) in [7, 11) is 1.65. The van der Waals surface area contributed by atoms with Gasteiger partial charge in [-0.1, -0.05) is 17.3 Å². The number of rotatable bonds is 3. The van der Waals surface area contributed by atoms with Crippen LogP contribution in [0.25, 0.3) is 22.5 Å². The highest BCUT2D eigenvalue weighted by atomic mass is 16.5.